The zero-order valence-corrected chi connectivity index (χ0v) is 18.6. The van der Waals surface area contributed by atoms with Gasteiger partial charge in [0.25, 0.3) is 6.43 Å². The second kappa shape index (κ2) is 10.1. The fraction of sp³-hybridized carbons (Fsp3) is 0.480. The maximum atomic E-state index is 14.1. The summed E-state index contributed by atoms with van der Waals surface area (Å²) in [5.41, 5.74) is 1.05. The largest absolute Gasteiger partial charge is 0.493 e. The Morgan fingerprint density at radius 1 is 1.21 bits per heavy atom. The van der Waals surface area contributed by atoms with E-state index in [0.29, 0.717) is 42.9 Å². The lowest BCUT2D eigenvalue weighted by Crippen LogP contribution is -2.50. The van der Waals surface area contributed by atoms with Crippen molar-refractivity contribution in [2.45, 2.75) is 57.3 Å². The van der Waals surface area contributed by atoms with Gasteiger partial charge in [0.1, 0.15) is 11.3 Å². The van der Waals surface area contributed by atoms with Gasteiger partial charge < -0.3 is 24.6 Å². The smallest absolute Gasteiger partial charge is 0.329 e. The van der Waals surface area contributed by atoms with Crippen LogP contribution < -0.4 is 10.1 Å². The van der Waals surface area contributed by atoms with Crippen molar-refractivity contribution in [2.75, 3.05) is 25.1 Å². The molecular formula is C25H29F2NO5. The molecule has 0 aromatic heterocycles. The molecule has 1 heterocycles. The summed E-state index contributed by atoms with van der Waals surface area (Å²) < 4.78 is 44.9. The van der Waals surface area contributed by atoms with E-state index in [9.17, 15) is 18.7 Å². The van der Waals surface area contributed by atoms with Crippen LogP contribution in [0.2, 0.25) is 0 Å². The van der Waals surface area contributed by atoms with Crippen LogP contribution in [0.25, 0.3) is 11.1 Å². The first-order valence-electron chi connectivity index (χ1n) is 11.3. The molecule has 0 radical (unpaired) electrons. The number of halogens is 2. The third-order valence-electron chi connectivity index (χ3n) is 6.12. The van der Waals surface area contributed by atoms with Crippen molar-refractivity contribution in [2.24, 2.45) is 0 Å². The molecular weight excluding hydrogens is 432 g/mol. The summed E-state index contributed by atoms with van der Waals surface area (Å²) in [5.74, 6) is -0.775. The normalized spacial score (nSPS) is 17.7. The molecule has 1 saturated heterocycles. The van der Waals surface area contributed by atoms with Crippen LogP contribution in [0.1, 0.15) is 50.2 Å². The molecule has 2 aromatic carbocycles. The SMILES string of the molecule is CCOc1cccc(-c2ccc(NC3(C(=O)O)CCOCC3)cc2COC2CC2)c1C(F)F. The Kier molecular flexibility index (Phi) is 7.14. The van der Waals surface area contributed by atoms with Crippen molar-refractivity contribution in [3.63, 3.8) is 0 Å². The summed E-state index contributed by atoms with van der Waals surface area (Å²) in [4.78, 5) is 12.1. The van der Waals surface area contributed by atoms with Gasteiger partial charge in [-0.15, -0.1) is 0 Å². The number of aliphatic carboxylic acids is 1. The van der Waals surface area contributed by atoms with Gasteiger partial charge in [0.2, 0.25) is 0 Å². The molecule has 1 aliphatic carbocycles. The average Bonchev–Trinajstić information content (AvgIpc) is 3.63. The zero-order valence-electron chi connectivity index (χ0n) is 18.6. The van der Waals surface area contributed by atoms with Crippen molar-refractivity contribution in [1.82, 2.24) is 0 Å². The lowest BCUT2D eigenvalue weighted by molar-refractivity contribution is -0.145. The number of carboxylic acids is 1. The number of hydrogen-bond acceptors (Lipinski definition) is 5. The summed E-state index contributed by atoms with van der Waals surface area (Å²) in [6, 6.07) is 10.2. The summed E-state index contributed by atoms with van der Waals surface area (Å²) in [6.45, 7) is 3.00. The van der Waals surface area contributed by atoms with Crippen LogP contribution in [0.4, 0.5) is 14.5 Å². The van der Waals surface area contributed by atoms with Crippen molar-refractivity contribution >= 4 is 11.7 Å². The molecule has 1 aliphatic heterocycles. The van der Waals surface area contributed by atoms with Gasteiger partial charge in [0, 0.05) is 31.7 Å². The van der Waals surface area contributed by atoms with Crippen LogP contribution in [0.5, 0.6) is 5.75 Å². The fourth-order valence-electron chi connectivity index (χ4n) is 4.17. The van der Waals surface area contributed by atoms with Gasteiger partial charge in [-0.1, -0.05) is 18.2 Å². The Morgan fingerprint density at radius 2 is 1.97 bits per heavy atom. The van der Waals surface area contributed by atoms with Crippen LogP contribution in [-0.4, -0.2) is 42.5 Å². The van der Waals surface area contributed by atoms with Crippen molar-refractivity contribution in [3.05, 3.63) is 47.5 Å². The predicted octanol–water partition coefficient (Wildman–Crippen LogP) is 5.41. The standard InChI is InChI=1S/C25H29F2NO5/c1-2-32-21-5-3-4-20(22(21)23(26)27)19-9-6-17(14-16(19)15-33-18-7-8-18)28-25(24(29)30)10-12-31-13-11-25/h3-6,9,14,18,23,28H,2,7-8,10-13,15H2,1H3,(H,29,30). The molecule has 2 N–H and O–H groups in total. The number of rotatable bonds is 10. The summed E-state index contributed by atoms with van der Waals surface area (Å²) in [7, 11) is 0. The van der Waals surface area contributed by atoms with Crippen molar-refractivity contribution in [1.29, 1.82) is 0 Å². The molecule has 0 amide bonds. The third kappa shape index (κ3) is 5.28. The molecule has 0 unspecified atom stereocenters. The molecule has 2 aliphatic rings. The Labute approximate surface area is 191 Å². The van der Waals surface area contributed by atoms with Crippen LogP contribution in [0, 0.1) is 0 Å². The predicted molar refractivity (Wildman–Crippen MR) is 120 cm³/mol. The van der Waals surface area contributed by atoms with Crippen LogP contribution in [-0.2, 0) is 20.9 Å². The molecule has 4 rings (SSSR count). The van der Waals surface area contributed by atoms with E-state index in [1.54, 1.807) is 43.3 Å². The highest BCUT2D eigenvalue weighted by Gasteiger charge is 2.40. The first-order chi connectivity index (χ1) is 15.9. The number of anilines is 1. The minimum absolute atomic E-state index is 0.154. The number of ether oxygens (including phenoxy) is 3. The van der Waals surface area contributed by atoms with E-state index in [1.165, 1.54) is 0 Å². The quantitative estimate of drug-likeness (QED) is 0.492. The van der Waals surface area contributed by atoms with E-state index in [4.69, 9.17) is 14.2 Å². The van der Waals surface area contributed by atoms with Gasteiger partial charge in [-0.05, 0) is 54.7 Å². The van der Waals surface area contributed by atoms with Crippen LogP contribution in [0.3, 0.4) is 0 Å². The minimum atomic E-state index is -2.71. The van der Waals surface area contributed by atoms with E-state index < -0.39 is 17.9 Å². The number of alkyl halides is 2. The summed E-state index contributed by atoms with van der Waals surface area (Å²) in [5, 5.41) is 13.1. The third-order valence-corrected chi connectivity index (χ3v) is 6.12. The van der Waals surface area contributed by atoms with E-state index in [2.05, 4.69) is 5.32 Å². The Hall–Kier alpha value is -2.71. The van der Waals surface area contributed by atoms with E-state index in [0.717, 1.165) is 18.4 Å². The number of carbonyl (C=O) groups is 1. The lowest BCUT2D eigenvalue weighted by atomic mass is 9.89. The van der Waals surface area contributed by atoms with Crippen molar-refractivity contribution in [3.8, 4) is 16.9 Å². The first-order valence-corrected chi connectivity index (χ1v) is 11.3. The highest BCUT2D eigenvalue weighted by Crippen LogP contribution is 2.41. The van der Waals surface area contributed by atoms with Gasteiger partial charge in [-0.2, -0.15) is 0 Å². The van der Waals surface area contributed by atoms with E-state index in [1.807, 2.05) is 0 Å². The van der Waals surface area contributed by atoms with Crippen molar-refractivity contribution < 1.29 is 32.9 Å². The highest BCUT2D eigenvalue weighted by molar-refractivity contribution is 5.84. The maximum absolute atomic E-state index is 14.1. The Bertz CT molecular complexity index is 987. The fourth-order valence-corrected chi connectivity index (χ4v) is 4.17. The Balaban J connectivity index is 1.73. The molecule has 33 heavy (non-hydrogen) atoms. The Morgan fingerprint density at radius 3 is 2.61 bits per heavy atom. The van der Waals surface area contributed by atoms with Gasteiger partial charge in [-0.3, -0.25) is 0 Å². The molecule has 8 heteroatoms. The number of carboxylic acid groups (broad SMARTS) is 1. The molecule has 1 saturated carbocycles. The first kappa shape index (κ1) is 23.4. The van der Waals surface area contributed by atoms with Gasteiger partial charge in [0.05, 0.1) is 24.9 Å². The molecule has 0 bridgehead atoms. The zero-order chi connectivity index (χ0) is 23.4. The van der Waals surface area contributed by atoms with Gasteiger partial charge in [-0.25, -0.2) is 13.6 Å². The second-order valence-corrected chi connectivity index (χ2v) is 8.46. The van der Waals surface area contributed by atoms with Gasteiger partial charge >= 0.3 is 5.97 Å². The maximum Gasteiger partial charge on any atom is 0.329 e. The molecule has 178 valence electrons. The summed E-state index contributed by atoms with van der Waals surface area (Å²) >= 11 is 0. The number of nitrogens with one attached hydrogen (secondary N) is 1. The topological polar surface area (TPSA) is 77.0 Å². The monoisotopic (exact) mass is 461 g/mol. The van der Waals surface area contributed by atoms with E-state index in [-0.39, 0.29) is 30.6 Å². The molecule has 0 spiro atoms. The lowest BCUT2D eigenvalue weighted by Gasteiger charge is -2.35. The van der Waals surface area contributed by atoms with Crippen LogP contribution in [0.15, 0.2) is 36.4 Å². The van der Waals surface area contributed by atoms with Crippen LogP contribution >= 0.6 is 0 Å². The number of hydrogen-bond donors (Lipinski definition) is 2. The molecule has 2 fully saturated rings. The molecule has 6 nitrogen and oxygen atoms in total. The highest BCUT2D eigenvalue weighted by atomic mass is 19.3. The second-order valence-electron chi connectivity index (χ2n) is 8.46. The number of benzene rings is 2. The average molecular weight is 462 g/mol. The molecule has 0 atom stereocenters. The summed E-state index contributed by atoms with van der Waals surface area (Å²) in [6.07, 6.45) is 0.109. The van der Waals surface area contributed by atoms with Gasteiger partial charge in [0.15, 0.2) is 0 Å². The van der Waals surface area contributed by atoms with E-state index >= 15 is 0 Å². The molecule has 2 aromatic rings. The minimum Gasteiger partial charge on any atom is -0.493 e.